The third-order valence-electron chi connectivity index (χ3n) is 8.40. The van der Waals surface area contributed by atoms with Crippen LogP contribution in [-0.2, 0) is 14.3 Å². The molecule has 0 saturated carbocycles. The zero-order chi connectivity index (χ0) is 33.1. The summed E-state index contributed by atoms with van der Waals surface area (Å²) in [5.74, 6) is -3.86. The molecule has 1 unspecified atom stereocenters. The van der Waals surface area contributed by atoms with Crippen LogP contribution in [0.2, 0.25) is 0 Å². The molecule has 45 heavy (non-hydrogen) atoms. The van der Waals surface area contributed by atoms with Crippen molar-refractivity contribution in [2.24, 2.45) is 4.99 Å². The number of imide groups is 1. The summed E-state index contributed by atoms with van der Waals surface area (Å²) in [6.45, 7) is 6.35. The number of nitrogens with zero attached hydrogens (tertiary/aromatic N) is 3. The van der Waals surface area contributed by atoms with Gasteiger partial charge in [0.15, 0.2) is 5.66 Å². The fourth-order valence-corrected chi connectivity index (χ4v) is 6.30. The van der Waals surface area contributed by atoms with Crippen molar-refractivity contribution < 1.29 is 38.9 Å². The van der Waals surface area contributed by atoms with Crippen LogP contribution < -0.4 is 26.0 Å². The number of benzene rings is 1. The molecule has 1 aromatic carbocycles. The predicted molar refractivity (Wildman–Crippen MR) is 161 cm³/mol. The number of halogens is 3. The van der Waals surface area contributed by atoms with Crippen LogP contribution in [-0.4, -0.2) is 110 Å². The van der Waals surface area contributed by atoms with Gasteiger partial charge in [-0.25, -0.2) is 9.79 Å². The minimum absolute atomic E-state index is 0.0192. The van der Waals surface area contributed by atoms with E-state index in [1.165, 1.54) is 18.1 Å². The number of aliphatic imine (C=N–C) groups is 1. The molecule has 4 aliphatic heterocycles. The van der Waals surface area contributed by atoms with Crippen molar-refractivity contribution in [3.05, 3.63) is 41.2 Å². The monoisotopic (exact) mass is 687 g/mol. The van der Waals surface area contributed by atoms with Crippen molar-refractivity contribution in [1.29, 1.82) is 0 Å². The van der Waals surface area contributed by atoms with Crippen molar-refractivity contribution in [3.8, 4) is 5.75 Å². The Morgan fingerprint density at radius 2 is 1.87 bits per heavy atom. The summed E-state index contributed by atoms with van der Waals surface area (Å²) in [7, 11) is 1.47. The van der Waals surface area contributed by atoms with Gasteiger partial charge < -0.3 is 40.5 Å². The van der Waals surface area contributed by atoms with Crippen LogP contribution in [0.15, 0.2) is 29.5 Å². The highest BCUT2D eigenvalue weighted by molar-refractivity contribution is 6.67. The van der Waals surface area contributed by atoms with Crippen LogP contribution in [0.4, 0.5) is 4.79 Å². The number of methoxy groups -OCH3 is 1. The minimum atomic E-state index is -2.77. The SMILES string of the molecule is C=C1N[C@H]2[C@H](CN3C(=O)CCC3=O)N=C(NC(=O)OCC(Cl)(Cl)Cl)N3CC(NC(=O)c4cc(C)c(C)c(OC)c4)C(O)(O)[C@]23N1. The van der Waals surface area contributed by atoms with Gasteiger partial charge in [0, 0.05) is 24.9 Å². The number of nitrogens with one attached hydrogen (secondary N) is 4. The fourth-order valence-electron chi connectivity index (χ4n) is 6.13. The highest BCUT2D eigenvalue weighted by Crippen LogP contribution is 2.45. The first kappa shape index (κ1) is 32.9. The summed E-state index contributed by atoms with van der Waals surface area (Å²) >= 11 is 17.1. The third-order valence-corrected chi connectivity index (χ3v) is 8.73. The van der Waals surface area contributed by atoms with Crippen molar-refractivity contribution in [3.63, 3.8) is 0 Å². The predicted octanol–water partition coefficient (Wildman–Crippen LogP) is 0.119. The van der Waals surface area contributed by atoms with E-state index in [2.05, 4.69) is 32.8 Å². The largest absolute Gasteiger partial charge is 0.496 e. The second-order valence-corrected chi connectivity index (χ2v) is 13.7. The molecule has 0 bridgehead atoms. The van der Waals surface area contributed by atoms with Gasteiger partial charge in [-0.1, -0.05) is 41.4 Å². The van der Waals surface area contributed by atoms with Crippen LogP contribution in [0, 0.1) is 13.8 Å². The Balaban J connectivity index is 1.51. The van der Waals surface area contributed by atoms with Crippen molar-refractivity contribution >= 4 is 64.6 Å². The molecule has 244 valence electrons. The number of carbonyl (C=O) groups excluding carboxylic acids is 4. The molecule has 4 aliphatic rings. The van der Waals surface area contributed by atoms with Gasteiger partial charge in [-0.3, -0.25) is 24.6 Å². The van der Waals surface area contributed by atoms with Gasteiger partial charge in [-0.15, -0.1) is 0 Å². The average molecular weight is 689 g/mol. The lowest BCUT2D eigenvalue weighted by Crippen LogP contribution is -2.78. The zero-order valence-electron chi connectivity index (χ0n) is 24.4. The zero-order valence-corrected chi connectivity index (χ0v) is 26.7. The number of amides is 4. The molecule has 4 heterocycles. The van der Waals surface area contributed by atoms with E-state index in [4.69, 9.17) is 44.3 Å². The van der Waals surface area contributed by atoms with Gasteiger partial charge in [0.1, 0.15) is 18.4 Å². The van der Waals surface area contributed by atoms with E-state index >= 15 is 0 Å². The van der Waals surface area contributed by atoms with E-state index in [-0.39, 0.29) is 43.3 Å². The number of rotatable bonds is 6. The quantitative estimate of drug-likeness (QED) is 0.135. The maximum Gasteiger partial charge on any atom is 0.414 e. The average Bonchev–Trinajstić information content (AvgIpc) is 3.55. The van der Waals surface area contributed by atoms with E-state index in [0.717, 1.165) is 16.0 Å². The number of guanidine groups is 1. The number of alkyl carbamates (subject to hydrolysis) is 1. The summed E-state index contributed by atoms with van der Waals surface area (Å²) in [4.78, 5) is 58.2. The summed E-state index contributed by atoms with van der Waals surface area (Å²) in [5, 5.41) is 34.9. The number of aryl methyl sites for hydroxylation is 1. The van der Waals surface area contributed by atoms with E-state index in [1.54, 1.807) is 6.07 Å². The van der Waals surface area contributed by atoms with Crippen LogP contribution in [0.5, 0.6) is 5.75 Å². The molecular formula is C27H32Cl3N7O8. The lowest BCUT2D eigenvalue weighted by atomic mass is 9.85. The van der Waals surface area contributed by atoms with Gasteiger partial charge >= 0.3 is 6.09 Å². The van der Waals surface area contributed by atoms with Crippen molar-refractivity contribution in [2.75, 3.05) is 26.8 Å². The molecular weight excluding hydrogens is 657 g/mol. The number of carbonyl (C=O) groups is 4. The summed E-state index contributed by atoms with van der Waals surface area (Å²) in [5.41, 5.74) is -0.112. The Morgan fingerprint density at radius 3 is 2.49 bits per heavy atom. The van der Waals surface area contributed by atoms with Crippen LogP contribution in [0.3, 0.4) is 0 Å². The molecule has 3 saturated heterocycles. The first-order valence-electron chi connectivity index (χ1n) is 13.8. The highest BCUT2D eigenvalue weighted by atomic mass is 35.6. The maximum atomic E-state index is 13.5. The third kappa shape index (κ3) is 5.83. The van der Waals surface area contributed by atoms with E-state index < -0.39 is 63.8 Å². The number of alkyl halides is 3. The number of likely N-dealkylation sites (tertiary alicyclic amines) is 1. The van der Waals surface area contributed by atoms with Gasteiger partial charge in [-0.05, 0) is 37.1 Å². The molecule has 4 atom stereocenters. The molecule has 6 N–H and O–H groups in total. The molecule has 3 fully saturated rings. The Kier molecular flexibility index (Phi) is 8.55. The summed E-state index contributed by atoms with van der Waals surface area (Å²) in [6, 6.07) is -0.297. The molecule has 15 nitrogen and oxygen atoms in total. The molecule has 4 amide bonds. The number of ether oxygens (including phenoxy) is 2. The van der Waals surface area contributed by atoms with E-state index in [0.29, 0.717) is 5.75 Å². The molecule has 1 aromatic rings. The summed E-state index contributed by atoms with van der Waals surface area (Å²) < 4.78 is 8.47. The number of hydrogen-bond donors (Lipinski definition) is 6. The van der Waals surface area contributed by atoms with Gasteiger partial charge in [-0.2, -0.15) is 0 Å². The van der Waals surface area contributed by atoms with Crippen LogP contribution in [0.25, 0.3) is 0 Å². The topological polar surface area (TPSA) is 194 Å². The normalized spacial score (nSPS) is 26.9. The molecule has 0 aromatic heterocycles. The maximum absolute atomic E-state index is 13.5. The van der Waals surface area contributed by atoms with Crippen LogP contribution >= 0.6 is 34.8 Å². The lowest BCUT2D eigenvalue weighted by Gasteiger charge is -2.49. The second kappa shape index (κ2) is 11.7. The van der Waals surface area contributed by atoms with Gasteiger partial charge in [0.2, 0.25) is 27.4 Å². The van der Waals surface area contributed by atoms with E-state index in [1.807, 2.05) is 13.8 Å². The standard InChI is InChI=1S/C27H32Cl3N7O8/c1-12-7-15(8-17(44-4)13(12)2)22(40)33-18-10-37-23(34-24(41)45-11-25(28,29)30)32-16(9-36-19(38)5-6-20(36)39)21-26(37,27(18,42)43)35-14(3)31-21/h7-8,16,18,21,31,35,42-43H,3,5-6,9-11H2,1-2,4H3,(H,33,40)(H,32,34,41)/t16-,18?,21-,26-/m0/s1. The number of aliphatic hydroxyl groups is 2. The Labute approximate surface area is 272 Å². The van der Waals surface area contributed by atoms with Crippen LogP contribution in [0.1, 0.15) is 34.3 Å². The van der Waals surface area contributed by atoms with Gasteiger partial charge in [0.05, 0.1) is 31.6 Å². The summed E-state index contributed by atoms with van der Waals surface area (Å²) in [6.07, 6.45) is -1.06. The Hall–Kier alpha value is -3.50. The Bertz CT molecular complexity index is 1480. The minimum Gasteiger partial charge on any atom is -0.496 e. The Morgan fingerprint density at radius 1 is 1.20 bits per heavy atom. The first-order valence-corrected chi connectivity index (χ1v) is 15.0. The number of hydrogen-bond acceptors (Lipinski definition) is 12. The molecule has 0 radical (unpaired) electrons. The molecule has 5 rings (SSSR count). The van der Waals surface area contributed by atoms with Gasteiger partial charge in [0.25, 0.3) is 5.91 Å². The second-order valence-electron chi connectivity index (χ2n) is 11.2. The fraction of sp³-hybridized carbons (Fsp3) is 0.519. The smallest absolute Gasteiger partial charge is 0.414 e. The highest BCUT2D eigenvalue weighted by Gasteiger charge is 2.74. The molecule has 0 aliphatic carbocycles. The molecule has 1 spiro atoms. The van der Waals surface area contributed by atoms with E-state index in [9.17, 15) is 29.4 Å². The lowest BCUT2D eigenvalue weighted by molar-refractivity contribution is -0.231. The first-order chi connectivity index (χ1) is 21.0. The van der Waals surface area contributed by atoms with Crippen molar-refractivity contribution in [1.82, 2.24) is 31.1 Å². The molecule has 18 heteroatoms. The van der Waals surface area contributed by atoms with Crippen molar-refractivity contribution in [2.45, 2.75) is 60.1 Å².